The highest BCUT2D eigenvalue weighted by atomic mass is 16.5. The molecule has 42 valence electrons. The van der Waals surface area contributed by atoms with Crippen LogP contribution in [0.3, 0.4) is 0 Å². The molecule has 0 fully saturated rings. The van der Waals surface area contributed by atoms with E-state index in [-0.39, 0.29) is 0 Å². The molecule has 0 aliphatic rings. The molecule has 0 spiro atoms. The zero-order chi connectivity index (χ0) is 5.54. The second-order valence-corrected chi connectivity index (χ2v) is 0.941. The van der Waals surface area contributed by atoms with E-state index in [9.17, 15) is 0 Å². The molecule has 0 saturated carbocycles. The molecule has 3 heteroatoms. The third-order valence-corrected chi connectivity index (χ3v) is 0.384. The lowest BCUT2D eigenvalue weighted by Gasteiger charge is -1.86. The Morgan fingerprint density at radius 1 is 1.57 bits per heavy atom. The molecular weight excluding hydrogens is 94.0 g/mol. The van der Waals surface area contributed by atoms with Crippen molar-refractivity contribution in [1.82, 2.24) is 0 Å². The van der Waals surface area contributed by atoms with Crippen molar-refractivity contribution in [3.8, 4) is 0 Å². The predicted molar refractivity (Wildman–Crippen MR) is 27.4 cm³/mol. The summed E-state index contributed by atoms with van der Waals surface area (Å²) in [5, 5.41) is 0. The topological polar surface area (TPSA) is 30.8 Å². The molecule has 7 heavy (non-hydrogen) atoms. The Labute approximate surface area is 43.0 Å². The largest absolute Gasteiger partial charge is 0.487 e. The molecular formula is C4H9NO2. The fourth-order valence-electron chi connectivity index (χ4n) is 0.180. The molecule has 0 aromatic heterocycles. The number of rotatable bonds is 3. The number of hydrogen-bond acceptors (Lipinski definition) is 3. The Kier molecular flexibility index (Phi) is 4.99. The van der Waals surface area contributed by atoms with E-state index >= 15 is 0 Å². The molecule has 0 atom stereocenters. The van der Waals surface area contributed by atoms with Gasteiger partial charge in [-0.1, -0.05) is 0 Å². The number of aliphatic imine (C=N–C) groups is 1. The van der Waals surface area contributed by atoms with Gasteiger partial charge in [-0.15, -0.1) is 0 Å². The van der Waals surface area contributed by atoms with Gasteiger partial charge in [-0.2, -0.15) is 0 Å². The summed E-state index contributed by atoms with van der Waals surface area (Å²) in [4.78, 5) is 3.64. The van der Waals surface area contributed by atoms with Crippen LogP contribution < -0.4 is 0 Å². The molecule has 0 amide bonds. The van der Waals surface area contributed by atoms with E-state index in [1.165, 1.54) is 6.40 Å². The molecule has 0 N–H and O–H groups in total. The van der Waals surface area contributed by atoms with Gasteiger partial charge in [-0.3, -0.25) is 0 Å². The van der Waals surface area contributed by atoms with E-state index in [1.807, 2.05) is 0 Å². The van der Waals surface area contributed by atoms with E-state index in [4.69, 9.17) is 0 Å². The Balaban J connectivity index is 2.78. The number of methoxy groups -OCH3 is 2. The fourth-order valence-corrected chi connectivity index (χ4v) is 0.180. The summed E-state index contributed by atoms with van der Waals surface area (Å²) in [5.74, 6) is 0. The average Bonchev–Trinajstić information content (AvgIpc) is 1.69. The molecule has 0 saturated heterocycles. The molecule has 0 heterocycles. The van der Waals surface area contributed by atoms with Crippen LogP contribution >= 0.6 is 0 Å². The van der Waals surface area contributed by atoms with Gasteiger partial charge in [0.05, 0.1) is 7.11 Å². The van der Waals surface area contributed by atoms with E-state index in [1.54, 1.807) is 14.2 Å². The lowest BCUT2D eigenvalue weighted by Crippen LogP contribution is -1.84. The van der Waals surface area contributed by atoms with Crippen LogP contribution in [0.15, 0.2) is 4.99 Å². The van der Waals surface area contributed by atoms with Crippen LogP contribution in [-0.2, 0) is 9.47 Å². The highest BCUT2D eigenvalue weighted by molar-refractivity contribution is 5.45. The minimum atomic E-state index is 0.369. The standard InChI is InChI=1S/C4H9NO2/c1-6-3-5-4-7-2/h3H,4H2,1-2H3/b5-3+. The van der Waals surface area contributed by atoms with Crippen LogP contribution in [0.25, 0.3) is 0 Å². The van der Waals surface area contributed by atoms with Gasteiger partial charge < -0.3 is 9.47 Å². The normalized spacial score (nSPS) is 10.0. The summed E-state index contributed by atoms with van der Waals surface area (Å²) in [6, 6.07) is 0. The molecule has 0 aliphatic heterocycles. The van der Waals surface area contributed by atoms with Crippen LogP contribution in [0.2, 0.25) is 0 Å². The van der Waals surface area contributed by atoms with E-state index in [0.717, 1.165) is 0 Å². The summed E-state index contributed by atoms with van der Waals surface area (Å²) in [6.07, 6.45) is 1.34. The molecule has 0 aromatic carbocycles. The summed E-state index contributed by atoms with van der Waals surface area (Å²) in [7, 11) is 3.12. The van der Waals surface area contributed by atoms with Crippen LogP contribution in [-0.4, -0.2) is 27.4 Å². The lowest BCUT2D eigenvalue weighted by atomic mass is 11.2. The van der Waals surface area contributed by atoms with Crippen molar-refractivity contribution in [2.24, 2.45) is 4.99 Å². The van der Waals surface area contributed by atoms with Gasteiger partial charge in [-0.05, 0) is 0 Å². The monoisotopic (exact) mass is 103 g/mol. The Hall–Kier alpha value is -0.570. The summed E-state index contributed by atoms with van der Waals surface area (Å²) < 4.78 is 9.04. The molecule has 0 unspecified atom stereocenters. The van der Waals surface area contributed by atoms with Crippen molar-refractivity contribution in [1.29, 1.82) is 0 Å². The van der Waals surface area contributed by atoms with Crippen LogP contribution in [0.1, 0.15) is 0 Å². The maximum Gasteiger partial charge on any atom is 0.171 e. The van der Waals surface area contributed by atoms with Crippen LogP contribution in [0.5, 0.6) is 0 Å². The van der Waals surface area contributed by atoms with Crippen molar-refractivity contribution in [3.63, 3.8) is 0 Å². The third-order valence-electron chi connectivity index (χ3n) is 0.384. The zero-order valence-electron chi connectivity index (χ0n) is 4.55. The van der Waals surface area contributed by atoms with Gasteiger partial charge in [0, 0.05) is 7.11 Å². The van der Waals surface area contributed by atoms with Gasteiger partial charge in [0.2, 0.25) is 0 Å². The van der Waals surface area contributed by atoms with Gasteiger partial charge in [0.15, 0.2) is 6.40 Å². The van der Waals surface area contributed by atoms with Crippen molar-refractivity contribution in [3.05, 3.63) is 0 Å². The van der Waals surface area contributed by atoms with Crippen molar-refractivity contribution in [2.75, 3.05) is 21.0 Å². The first-order valence-electron chi connectivity index (χ1n) is 1.92. The fraction of sp³-hybridized carbons (Fsp3) is 0.750. The average molecular weight is 103 g/mol. The van der Waals surface area contributed by atoms with Crippen molar-refractivity contribution in [2.45, 2.75) is 0 Å². The highest BCUT2D eigenvalue weighted by Crippen LogP contribution is 1.65. The van der Waals surface area contributed by atoms with Gasteiger partial charge in [0.25, 0.3) is 0 Å². The summed E-state index contributed by atoms with van der Waals surface area (Å²) in [5.41, 5.74) is 0. The number of ether oxygens (including phenoxy) is 2. The zero-order valence-corrected chi connectivity index (χ0v) is 4.55. The second-order valence-electron chi connectivity index (χ2n) is 0.941. The minimum Gasteiger partial charge on any atom is -0.487 e. The maximum absolute atomic E-state index is 4.57. The maximum atomic E-state index is 4.57. The summed E-state index contributed by atoms with van der Waals surface area (Å²) >= 11 is 0. The van der Waals surface area contributed by atoms with Gasteiger partial charge >= 0.3 is 0 Å². The smallest absolute Gasteiger partial charge is 0.171 e. The quantitative estimate of drug-likeness (QED) is 0.379. The molecule has 0 bridgehead atoms. The van der Waals surface area contributed by atoms with Crippen LogP contribution in [0.4, 0.5) is 0 Å². The minimum absolute atomic E-state index is 0.369. The summed E-state index contributed by atoms with van der Waals surface area (Å²) in [6.45, 7) is 0.369. The van der Waals surface area contributed by atoms with E-state index < -0.39 is 0 Å². The lowest BCUT2D eigenvalue weighted by molar-refractivity contribution is 0.207. The van der Waals surface area contributed by atoms with Gasteiger partial charge in [0.1, 0.15) is 6.73 Å². The molecule has 0 radical (unpaired) electrons. The highest BCUT2D eigenvalue weighted by Gasteiger charge is 1.65. The van der Waals surface area contributed by atoms with Crippen LogP contribution in [0, 0.1) is 0 Å². The second kappa shape index (κ2) is 5.43. The third kappa shape index (κ3) is 5.43. The molecule has 3 nitrogen and oxygen atoms in total. The van der Waals surface area contributed by atoms with Crippen molar-refractivity contribution < 1.29 is 9.47 Å². The SMILES string of the molecule is CO/C=N/COC. The molecule has 0 aromatic rings. The predicted octanol–water partition coefficient (Wildman–Crippen LogP) is 0.265. The first-order valence-corrected chi connectivity index (χ1v) is 1.92. The van der Waals surface area contributed by atoms with Crippen molar-refractivity contribution >= 4 is 6.40 Å². The number of hydrogen-bond donors (Lipinski definition) is 0. The molecule has 0 aliphatic carbocycles. The van der Waals surface area contributed by atoms with E-state index in [2.05, 4.69) is 14.5 Å². The Bertz CT molecular complexity index is 53.7. The number of nitrogens with zero attached hydrogens (tertiary/aromatic N) is 1. The van der Waals surface area contributed by atoms with Gasteiger partial charge in [-0.25, -0.2) is 4.99 Å². The van der Waals surface area contributed by atoms with E-state index in [0.29, 0.717) is 6.73 Å². The molecule has 0 rings (SSSR count). The first kappa shape index (κ1) is 6.43. The first-order chi connectivity index (χ1) is 3.41. The Morgan fingerprint density at radius 2 is 2.29 bits per heavy atom. The Morgan fingerprint density at radius 3 is 2.71 bits per heavy atom.